The quantitative estimate of drug-likeness (QED) is 0.400. The van der Waals surface area contributed by atoms with Crippen molar-refractivity contribution in [1.82, 2.24) is 4.98 Å². The Bertz CT molecular complexity index is 1160. The number of carbonyl (C=O) groups excluding carboxylic acids is 1. The molecule has 0 spiro atoms. The van der Waals surface area contributed by atoms with Crippen molar-refractivity contribution in [3.63, 3.8) is 0 Å². The van der Waals surface area contributed by atoms with Gasteiger partial charge in [0.05, 0.1) is 7.11 Å². The third-order valence-corrected chi connectivity index (χ3v) is 5.40. The molecule has 156 valence electrons. The number of nitrogens with one attached hydrogen (secondary N) is 1. The maximum absolute atomic E-state index is 13.0. The van der Waals surface area contributed by atoms with Crippen LogP contribution in [0.5, 0.6) is 11.5 Å². The Balaban J connectivity index is 1.37. The number of thiazole rings is 1. The lowest BCUT2D eigenvalue weighted by Gasteiger charge is -2.07. The molecule has 4 rings (SSSR count). The molecule has 1 N–H and O–H groups in total. The molecule has 0 aliphatic heterocycles. The Hall–Kier alpha value is -3.71. The zero-order valence-electron chi connectivity index (χ0n) is 16.7. The van der Waals surface area contributed by atoms with Crippen LogP contribution in [0.1, 0.15) is 16.1 Å². The number of anilines is 1. The van der Waals surface area contributed by atoms with E-state index >= 15 is 0 Å². The van der Waals surface area contributed by atoms with Gasteiger partial charge in [-0.15, -0.1) is 11.3 Å². The van der Waals surface area contributed by atoms with Crippen LogP contribution in [0.3, 0.4) is 0 Å². The van der Waals surface area contributed by atoms with Crippen LogP contribution in [0.25, 0.3) is 10.6 Å². The highest BCUT2D eigenvalue weighted by Gasteiger charge is 2.12. The second kappa shape index (κ2) is 9.40. The van der Waals surface area contributed by atoms with Crippen molar-refractivity contribution < 1.29 is 18.7 Å². The first kappa shape index (κ1) is 20.6. The van der Waals surface area contributed by atoms with E-state index in [0.29, 0.717) is 23.7 Å². The molecule has 1 amide bonds. The van der Waals surface area contributed by atoms with Gasteiger partial charge in [-0.1, -0.05) is 12.1 Å². The van der Waals surface area contributed by atoms with E-state index < -0.39 is 0 Å². The monoisotopic (exact) mass is 434 g/mol. The standard InChI is InChI=1S/C24H19FN2O3S/c1-29-20-12-8-19(9-13-20)26-23(28)22-15-31-24(27-22)17-4-10-21(11-5-17)30-14-16-2-6-18(25)7-3-16/h2-13,15H,14H2,1H3,(H,26,28). The summed E-state index contributed by atoms with van der Waals surface area (Å²) in [5, 5.41) is 5.30. The summed E-state index contributed by atoms with van der Waals surface area (Å²) in [6, 6.07) is 20.8. The van der Waals surface area contributed by atoms with Gasteiger partial charge in [0.2, 0.25) is 0 Å². The zero-order valence-corrected chi connectivity index (χ0v) is 17.5. The lowest BCUT2D eigenvalue weighted by Crippen LogP contribution is -2.12. The van der Waals surface area contributed by atoms with Gasteiger partial charge in [0.25, 0.3) is 5.91 Å². The number of amides is 1. The lowest BCUT2D eigenvalue weighted by atomic mass is 10.2. The van der Waals surface area contributed by atoms with E-state index in [9.17, 15) is 9.18 Å². The molecule has 0 saturated carbocycles. The normalized spacial score (nSPS) is 10.5. The highest BCUT2D eigenvalue weighted by atomic mass is 32.1. The lowest BCUT2D eigenvalue weighted by molar-refractivity contribution is 0.102. The molecule has 0 bridgehead atoms. The van der Waals surface area contributed by atoms with E-state index in [1.165, 1.54) is 23.5 Å². The van der Waals surface area contributed by atoms with Crippen LogP contribution in [0.4, 0.5) is 10.1 Å². The summed E-state index contributed by atoms with van der Waals surface area (Å²) in [5.74, 6) is 0.877. The fraction of sp³-hybridized carbons (Fsp3) is 0.0833. The van der Waals surface area contributed by atoms with Crippen LogP contribution in [0.2, 0.25) is 0 Å². The molecule has 0 unspecified atom stereocenters. The number of benzene rings is 3. The van der Waals surface area contributed by atoms with Crippen LogP contribution < -0.4 is 14.8 Å². The van der Waals surface area contributed by atoms with Crippen LogP contribution in [0.15, 0.2) is 78.2 Å². The molecular formula is C24H19FN2O3S. The Morgan fingerprint density at radius 2 is 1.65 bits per heavy atom. The number of nitrogens with zero attached hydrogens (tertiary/aromatic N) is 1. The van der Waals surface area contributed by atoms with Crippen LogP contribution in [-0.4, -0.2) is 18.0 Å². The molecule has 3 aromatic carbocycles. The summed E-state index contributed by atoms with van der Waals surface area (Å²) < 4.78 is 23.8. The van der Waals surface area contributed by atoms with E-state index in [0.717, 1.165) is 21.9 Å². The van der Waals surface area contributed by atoms with Crippen LogP contribution in [-0.2, 0) is 6.61 Å². The number of carbonyl (C=O) groups is 1. The second-order valence-corrected chi connectivity index (χ2v) is 7.52. The van der Waals surface area contributed by atoms with Gasteiger partial charge in [0, 0.05) is 16.6 Å². The average Bonchev–Trinajstić information content (AvgIpc) is 3.30. The smallest absolute Gasteiger partial charge is 0.275 e. The van der Waals surface area contributed by atoms with Crippen molar-refractivity contribution >= 4 is 22.9 Å². The molecule has 1 heterocycles. The molecule has 0 saturated heterocycles. The number of halogens is 1. The van der Waals surface area contributed by atoms with Gasteiger partial charge in [-0.25, -0.2) is 9.37 Å². The molecule has 7 heteroatoms. The Labute approximate surface area is 183 Å². The summed E-state index contributed by atoms with van der Waals surface area (Å²) >= 11 is 1.40. The van der Waals surface area contributed by atoms with Crippen molar-refractivity contribution in [2.45, 2.75) is 6.61 Å². The van der Waals surface area contributed by atoms with Gasteiger partial charge < -0.3 is 14.8 Å². The van der Waals surface area contributed by atoms with Crippen molar-refractivity contribution in [1.29, 1.82) is 0 Å². The fourth-order valence-electron chi connectivity index (χ4n) is 2.82. The van der Waals surface area contributed by atoms with Gasteiger partial charge in [0.1, 0.15) is 34.6 Å². The molecular weight excluding hydrogens is 415 g/mol. The highest BCUT2D eigenvalue weighted by molar-refractivity contribution is 7.13. The van der Waals surface area contributed by atoms with E-state index in [1.54, 1.807) is 48.9 Å². The maximum atomic E-state index is 13.0. The first-order valence-corrected chi connectivity index (χ1v) is 10.4. The summed E-state index contributed by atoms with van der Waals surface area (Å²) in [6.45, 7) is 0.354. The number of methoxy groups -OCH3 is 1. The first-order valence-electron chi connectivity index (χ1n) is 9.49. The predicted octanol–water partition coefficient (Wildman–Crippen LogP) is 5.79. The average molecular weight is 434 g/mol. The van der Waals surface area contributed by atoms with Crippen molar-refractivity contribution in [3.05, 3.63) is 95.3 Å². The first-order chi connectivity index (χ1) is 15.1. The highest BCUT2D eigenvalue weighted by Crippen LogP contribution is 2.26. The minimum atomic E-state index is -0.271. The number of hydrogen-bond acceptors (Lipinski definition) is 5. The molecule has 4 aromatic rings. The summed E-state index contributed by atoms with van der Waals surface area (Å²) in [4.78, 5) is 16.9. The number of rotatable bonds is 7. The van der Waals surface area contributed by atoms with Gasteiger partial charge in [-0.05, 0) is 66.2 Å². The maximum Gasteiger partial charge on any atom is 0.275 e. The molecule has 0 fully saturated rings. The van der Waals surface area contributed by atoms with Crippen LogP contribution >= 0.6 is 11.3 Å². The molecule has 31 heavy (non-hydrogen) atoms. The molecule has 0 aliphatic rings. The van der Waals surface area contributed by atoms with E-state index in [2.05, 4.69) is 10.3 Å². The van der Waals surface area contributed by atoms with Gasteiger partial charge >= 0.3 is 0 Å². The predicted molar refractivity (Wildman–Crippen MR) is 119 cm³/mol. The minimum Gasteiger partial charge on any atom is -0.497 e. The second-order valence-electron chi connectivity index (χ2n) is 6.66. The summed E-state index contributed by atoms with van der Waals surface area (Å²) in [6.07, 6.45) is 0. The molecule has 1 aromatic heterocycles. The van der Waals surface area contributed by atoms with Crippen molar-refractivity contribution in [3.8, 4) is 22.1 Å². The molecule has 0 radical (unpaired) electrons. The fourth-order valence-corrected chi connectivity index (χ4v) is 3.63. The van der Waals surface area contributed by atoms with Crippen molar-refractivity contribution in [2.24, 2.45) is 0 Å². The number of hydrogen-bond donors (Lipinski definition) is 1. The molecule has 0 atom stereocenters. The third kappa shape index (κ3) is 5.26. The minimum absolute atomic E-state index is 0.270. The van der Waals surface area contributed by atoms with Gasteiger partial charge in [-0.2, -0.15) is 0 Å². The number of aromatic nitrogens is 1. The largest absolute Gasteiger partial charge is 0.497 e. The molecule has 5 nitrogen and oxygen atoms in total. The SMILES string of the molecule is COc1ccc(NC(=O)c2csc(-c3ccc(OCc4ccc(F)cc4)cc3)n2)cc1. The topological polar surface area (TPSA) is 60.5 Å². The van der Waals surface area contributed by atoms with Gasteiger partial charge in [0.15, 0.2) is 0 Å². The zero-order chi connectivity index (χ0) is 21.6. The van der Waals surface area contributed by atoms with Gasteiger partial charge in [-0.3, -0.25) is 4.79 Å². The Morgan fingerprint density at radius 3 is 2.32 bits per heavy atom. The van der Waals surface area contributed by atoms with Crippen molar-refractivity contribution in [2.75, 3.05) is 12.4 Å². The summed E-state index contributed by atoms with van der Waals surface area (Å²) in [5.41, 5.74) is 2.80. The molecule has 0 aliphatic carbocycles. The van der Waals surface area contributed by atoms with E-state index in [-0.39, 0.29) is 11.7 Å². The van der Waals surface area contributed by atoms with E-state index in [4.69, 9.17) is 9.47 Å². The Kier molecular flexibility index (Phi) is 6.24. The Morgan fingerprint density at radius 1 is 0.968 bits per heavy atom. The van der Waals surface area contributed by atoms with E-state index in [1.807, 2.05) is 24.3 Å². The number of ether oxygens (including phenoxy) is 2. The summed E-state index contributed by atoms with van der Waals surface area (Å²) in [7, 11) is 1.59. The third-order valence-electron chi connectivity index (χ3n) is 4.50. The van der Waals surface area contributed by atoms with Crippen LogP contribution in [0, 0.1) is 5.82 Å².